The fourth-order valence-electron chi connectivity index (χ4n) is 2.47. The van der Waals surface area contributed by atoms with E-state index in [1.54, 1.807) is 12.1 Å². The Morgan fingerprint density at radius 3 is 2.46 bits per heavy atom. The number of hydrogen-bond donors (Lipinski definition) is 2. The molecule has 1 amide bonds. The van der Waals surface area contributed by atoms with Crippen molar-refractivity contribution in [2.24, 2.45) is 0 Å². The molecule has 0 aliphatic rings. The zero-order chi connectivity index (χ0) is 17.5. The van der Waals surface area contributed by atoms with Gasteiger partial charge in [-0.25, -0.2) is 0 Å². The van der Waals surface area contributed by atoms with E-state index in [0.717, 1.165) is 17.7 Å². The molecule has 2 aromatic carbocycles. The summed E-state index contributed by atoms with van der Waals surface area (Å²) >= 11 is 0. The number of nitro groups is 1. The van der Waals surface area contributed by atoms with Crippen LogP contribution in [-0.2, 0) is 17.6 Å². The molecule has 6 heteroatoms. The molecule has 0 saturated heterocycles. The Kier molecular flexibility index (Phi) is 5.89. The summed E-state index contributed by atoms with van der Waals surface area (Å²) in [6, 6.07) is 12.6. The van der Waals surface area contributed by atoms with E-state index in [1.807, 2.05) is 38.1 Å². The van der Waals surface area contributed by atoms with Gasteiger partial charge in [-0.1, -0.05) is 38.1 Å². The number of anilines is 2. The van der Waals surface area contributed by atoms with Gasteiger partial charge in [0.05, 0.1) is 11.5 Å². The van der Waals surface area contributed by atoms with Crippen LogP contribution in [0.1, 0.15) is 25.0 Å². The molecule has 126 valence electrons. The van der Waals surface area contributed by atoms with Crippen molar-refractivity contribution in [3.8, 4) is 0 Å². The normalized spacial score (nSPS) is 10.2. The summed E-state index contributed by atoms with van der Waals surface area (Å²) in [5.74, 6) is -0.196. The molecule has 0 heterocycles. The number of carbonyl (C=O) groups is 1. The first-order valence-corrected chi connectivity index (χ1v) is 7.94. The van der Waals surface area contributed by atoms with E-state index in [4.69, 9.17) is 0 Å². The van der Waals surface area contributed by atoms with Crippen molar-refractivity contribution in [3.05, 3.63) is 63.7 Å². The van der Waals surface area contributed by atoms with Crippen LogP contribution in [-0.4, -0.2) is 17.4 Å². The van der Waals surface area contributed by atoms with E-state index >= 15 is 0 Å². The number of rotatable bonds is 7. The van der Waals surface area contributed by atoms with E-state index in [0.29, 0.717) is 17.7 Å². The lowest BCUT2D eigenvalue weighted by Gasteiger charge is -2.11. The van der Waals surface area contributed by atoms with Crippen LogP contribution in [0.15, 0.2) is 42.5 Å². The molecule has 24 heavy (non-hydrogen) atoms. The minimum atomic E-state index is -0.401. The highest BCUT2D eigenvalue weighted by atomic mass is 16.6. The zero-order valence-electron chi connectivity index (χ0n) is 13.8. The highest BCUT2D eigenvalue weighted by Gasteiger charge is 2.13. The second-order valence-corrected chi connectivity index (χ2v) is 5.37. The van der Waals surface area contributed by atoms with Crippen molar-refractivity contribution in [1.29, 1.82) is 0 Å². The van der Waals surface area contributed by atoms with E-state index in [1.165, 1.54) is 6.07 Å². The Morgan fingerprint density at radius 2 is 1.79 bits per heavy atom. The van der Waals surface area contributed by atoms with Gasteiger partial charge >= 0.3 is 0 Å². The van der Waals surface area contributed by atoms with Crippen LogP contribution in [0.3, 0.4) is 0 Å². The summed E-state index contributed by atoms with van der Waals surface area (Å²) in [5.41, 5.74) is 3.15. The SMILES string of the molecule is CCc1ccccc1NC(=O)CNc1ccc(CC)c([N+](=O)[O-])c1. The summed E-state index contributed by atoms with van der Waals surface area (Å²) in [5, 5.41) is 16.9. The molecule has 0 fully saturated rings. The molecule has 0 radical (unpaired) electrons. The second kappa shape index (κ2) is 8.10. The average Bonchev–Trinajstić information content (AvgIpc) is 2.60. The highest BCUT2D eigenvalue weighted by Crippen LogP contribution is 2.23. The Balaban J connectivity index is 2.01. The molecule has 2 N–H and O–H groups in total. The molecule has 2 rings (SSSR count). The predicted octanol–water partition coefficient (Wildman–Crippen LogP) is 3.77. The molecule has 2 aromatic rings. The summed E-state index contributed by atoms with van der Waals surface area (Å²) in [6.45, 7) is 3.94. The lowest BCUT2D eigenvalue weighted by atomic mass is 10.1. The lowest BCUT2D eigenvalue weighted by Crippen LogP contribution is -2.22. The molecule has 0 unspecified atom stereocenters. The Bertz CT molecular complexity index is 744. The van der Waals surface area contributed by atoms with E-state index in [2.05, 4.69) is 10.6 Å². The predicted molar refractivity (Wildman–Crippen MR) is 95.4 cm³/mol. The first kappa shape index (κ1) is 17.5. The maximum absolute atomic E-state index is 12.1. The number of carbonyl (C=O) groups excluding carboxylic acids is 1. The van der Waals surface area contributed by atoms with Crippen LogP contribution in [0.25, 0.3) is 0 Å². The number of hydrogen-bond acceptors (Lipinski definition) is 4. The highest BCUT2D eigenvalue weighted by molar-refractivity contribution is 5.94. The van der Waals surface area contributed by atoms with Gasteiger partial charge in [0.2, 0.25) is 5.91 Å². The molecule has 0 aromatic heterocycles. The van der Waals surface area contributed by atoms with Gasteiger partial charge in [0.1, 0.15) is 0 Å². The third kappa shape index (κ3) is 4.32. The summed E-state index contributed by atoms with van der Waals surface area (Å²) in [6.07, 6.45) is 1.42. The van der Waals surface area contributed by atoms with E-state index in [-0.39, 0.29) is 18.1 Å². The average molecular weight is 327 g/mol. The van der Waals surface area contributed by atoms with Gasteiger partial charge in [0.15, 0.2) is 0 Å². The third-order valence-electron chi connectivity index (χ3n) is 3.79. The van der Waals surface area contributed by atoms with Crippen LogP contribution in [0.2, 0.25) is 0 Å². The quantitative estimate of drug-likeness (QED) is 0.599. The van der Waals surface area contributed by atoms with Crippen LogP contribution in [0, 0.1) is 10.1 Å². The van der Waals surface area contributed by atoms with Crippen molar-refractivity contribution in [2.75, 3.05) is 17.2 Å². The first-order chi connectivity index (χ1) is 11.5. The summed E-state index contributed by atoms with van der Waals surface area (Å²) in [4.78, 5) is 22.8. The van der Waals surface area contributed by atoms with Crippen LogP contribution < -0.4 is 10.6 Å². The van der Waals surface area contributed by atoms with Gasteiger partial charge in [-0.3, -0.25) is 14.9 Å². The smallest absolute Gasteiger partial charge is 0.274 e. The van der Waals surface area contributed by atoms with Crippen molar-refractivity contribution in [1.82, 2.24) is 0 Å². The van der Waals surface area contributed by atoms with Crippen molar-refractivity contribution < 1.29 is 9.72 Å². The molecule has 0 spiro atoms. The number of nitrogens with zero attached hydrogens (tertiary/aromatic N) is 1. The Morgan fingerprint density at radius 1 is 1.08 bits per heavy atom. The number of aryl methyl sites for hydroxylation is 2. The van der Waals surface area contributed by atoms with Crippen molar-refractivity contribution in [3.63, 3.8) is 0 Å². The second-order valence-electron chi connectivity index (χ2n) is 5.37. The minimum absolute atomic E-state index is 0.0423. The topological polar surface area (TPSA) is 84.3 Å². The Hall–Kier alpha value is -2.89. The first-order valence-electron chi connectivity index (χ1n) is 7.94. The van der Waals surface area contributed by atoms with Gasteiger partial charge in [0.25, 0.3) is 5.69 Å². The Labute approximate surface area is 141 Å². The van der Waals surface area contributed by atoms with Crippen LogP contribution in [0.4, 0.5) is 17.1 Å². The van der Waals surface area contributed by atoms with Gasteiger partial charge in [-0.2, -0.15) is 0 Å². The van der Waals surface area contributed by atoms with Gasteiger partial charge in [-0.05, 0) is 30.5 Å². The maximum Gasteiger partial charge on any atom is 0.274 e. The molecule has 0 saturated carbocycles. The molecule has 0 bridgehead atoms. The molecule has 0 atom stereocenters. The third-order valence-corrected chi connectivity index (χ3v) is 3.79. The number of nitrogens with one attached hydrogen (secondary N) is 2. The van der Waals surface area contributed by atoms with Crippen LogP contribution in [0.5, 0.6) is 0 Å². The summed E-state index contributed by atoms with van der Waals surface area (Å²) in [7, 11) is 0. The maximum atomic E-state index is 12.1. The van der Waals surface area contributed by atoms with E-state index in [9.17, 15) is 14.9 Å². The summed E-state index contributed by atoms with van der Waals surface area (Å²) < 4.78 is 0. The van der Waals surface area contributed by atoms with E-state index < -0.39 is 4.92 Å². The fraction of sp³-hybridized carbons (Fsp3) is 0.278. The molecular weight excluding hydrogens is 306 g/mol. The van der Waals surface area contributed by atoms with Crippen molar-refractivity contribution >= 4 is 23.0 Å². The largest absolute Gasteiger partial charge is 0.376 e. The molecule has 6 nitrogen and oxygen atoms in total. The van der Waals surface area contributed by atoms with Crippen LogP contribution >= 0.6 is 0 Å². The molecular formula is C18H21N3O3. The standard InChI is InChI=1S/C18H21N3O3/c1-3-13-7-5-6-8-16(13)20-18(22)12-19-15-10-9-14(4-2)17(11-15)21(23)24/h5-11,19H,3-4,12H2,1-2H3,(H,20,22). The van der Waals surface area contributed by atoms with Gasteiger partial charge in [0, 0.05) is 23.0 Å². The van der Waals surface area contributed by atoms with Gasteiger partial charge in [-0.15, -0.1) is 0 Å². The fourth-order valence-corrected chi connectivity index (χ4v) is 2.47. The number of benzene rings is 2. The number of nitro benzene ring substituents is 1. The number of para-hydroxylation sites is 1. The van der Waals surface area contributed by atoms with Crippen molar-refractivity contribution in [2.45, 2.75) is 26.7 Å². The van der Waals surface area contributed by atoms with Gasteiger partial charge < -0.3 is 10.6 Å². The monoisotopic (exact) mass is 327 g/mol. The molecule has 0 aliphatic heterocycles. The zero-order valence-corrected chi connectivity index (χ0v) is 13.8. The number of amides is 1. The lowest BCUT2D eigenvalue weighted by molar-refractivity contribution is -0.385. The minimum Gasteiger partial charge on any atom is -0.376 e. The molecule has 0 aliphatic carbocycles.